The van der Waals surface area contributed by atoms with E-state index in [-0.39, 0.29) is 5.91 Å². The third-order valence-electron chi connectivity index (χ3n) is 4.37. The summed E-state index contributed by atoms with van der Waals surface area (Å²) in [7, 11) is 0. The van der Waals surface area contributed by atoms with Gasteiger partial charge in [0.2, 0.25) is 5.91 Å². The molecule has 0 aliphatic carbocycles. The van der Waals surface area contributed by atoms with Gasteiger partial charge in [-0.2, -0.15) is 13.2 Å². The Morgan fingerprint density at radius 2 is 1.60 bits per heavy atom. The van der Waals surface area contributed by atoms with Crippen LogP contribution in [0.4, 0.5) is 18.9 Å². The number of piperazine rings is 1. The second-order valence-electron chi connectivity index (χ2n) is 6.08. The lowest BCUT2D eigenvalue weighted by molar-refractivity contribution is -0.137. The summed E-state index contributed by atoms with van der Waals surface area (Å²) in [5, 5.41) is 0. The van der Waals surface area contributed by atoms with E-state index in [0.717, 1.165) is 11.6 Å². The van der Waals surface area contributed by atoms with Crippen LogP contribution in [0.5, 0.6) is 0 Å². The zero-order chi connectivity index (χ0) is 17.9. The van der Waals surface area contributed by atoms with Crippen LogP contribution < -0.4 is 4.90 Å². The number of carbonyl (C=O) groups excluding carboxylic acids is 1. The summed E-state index contributed by atoms with van der Waals surface area (Å²) < 4.78 is 38.5. The highest BCUT2D eigenvalue weighted by Gasteiger charge is 2.31. The molecule has 1 saturated heterocycles. The molecule has 3 rings (SSSR count). The van der Waals surface area contributed by atoms with Gasteiger partial charge in [-0.25, -0.2) is 0 Å². The number of nitrogens with zero attached hydrogens (tertiary/aromatic N) is 2. The van der Waals surface area contributed by atoms with Gasteiger partial charge in [-0.3, -0.25) is 4.79 Å². The molecule has 2 aromatic rings. The van der Waals surface area contributed by atoms with Crippen molar-refractivity contribution >= 4 is 11.6 Å². The number of benzene rings is 2. The molecule has 0 radical (unpaired) electrons. The molecule has 1 aliphatic rings. The largest absolute Gasteiger partial charge is 0.416 e. The summed E-state index contributed by atoms with van der Waals surface area (Å²) in [6.07, 6.45) is -3.99. The van der Waals surface area contributed by atoms with Crippen LogP contribution in [-0.4, -0.2) is 37.0 Å². The standard InChI is InChI=1S/C19H19F3N2O/c20-19(21,22)16-7-4-8-17(14-16)23-9-11-24(12-10-23)18(25)13-15-5-2-1-3-6-15/h1-8,14H,9-13H2. The first-order valence-corrected chi connectivity index (χ1v) is 8.17. The molecule has 0 N–H and O–H groups in total. The van der Waals surface area contributed by atoms with E-state index in [1.165, 1.54) is 12.1 Å². The molecule has 1 amide bonds. The number of hydrogen-bond donors (Lipinski definition) is 0. The summed E-state index contributed by atoms with van der Waals surface area (Å²) in [4.78, 5) is 16.0. The van der Waals surface area contributed by atoms with Crippen molar-refractivity contribution in [1.82, 2.24) is 4.90 Å². The molecule has 25 heavy (non-hydrogen) atoms. The summed E-state index contributed by atoms with van der Waals surface area (Å²) in [5.41, 5.74) is 0.866. The van der Waals surface area contributed by atoms with Gasteiger partial charge in [0.1, 0.15) is 0 Å². The van der Waals surface area contributed by atoms with Crippen molar-refractivity contribution in [3.05, 3.63) is 65.7 Å². The summed E-state index contributed by atoms with van der Waals surface area (Å²) in [5.74, 6) is 0.0508. The molecule has 6 heteroatoms. The van der Waals surface area contributed by atoms with Gasteiger partial charge in [-0.15, -0.1) is 0 Å². The van der Waals surface area contributed by atoms with Crippen molar-refractivity contribution in [2.45, 2.75) is 12.6 Å². The van der Waals surface area contributed by atoms with E-state index in [1.54, 1.807) is 11.0 Å². The molecule has 1 aliphatic heterocycles. The smallest absolute Gasteiger partial charge is 0.368 e. The number of halogens is 3. The average molecular weight is 348 g/mol. The molecule has 0 spiro atoms. The highest BCUT2D eigenvalue weighted by atomic mass is 19.4. The Morgan fingerprint density at radius 1 is 0.920 bits per heavy atom. The van der Waals surface area contributed by atoms with Crippen LogP contribution in [0.2, 0.25) is 0 Å². The van der Waals surface area contributed by atoms with E-state index in [2.05, 4.69) is 0 Å². The molecule has 0 unspecified atom stereocenters. The normalized spacial score (nSPS) is 15.3. The topological polar surface area (TPSA) is 23.6 Å². The third kappa shape index (κ3) is 4.32. The fourth-order valence-electron chi connectivity index (χ4n) is 2.98. The van der Waals surface area contributed by atoms with E-state index in [0.29, 0.717) is 38.3 Å². The minimum absolute atomic E-state index is 0.0508. The number of anilines is 1. The molecule has 0 atom stereocenters. The predicted octanol–water partition coefficient (Wildman–Crippen LogP) is 3.60. The van der Waals surface area contributed by atoms with Gasteiger partial charge in [0.05, 0.1) is 12.0 Å². The Balaban J connectivity index is 1.59. The monoisotopic (exact) mass is 348 g/mol. The molecular formula is C19H19F3N2O. The molecule has 2 aromatic carbocycles. The second-order valence-corrected chi connectivity index (χ2v) is 6.08. The lowest BCUT2D eigenvalue weighted by atomic mass is 10.1. The lowest BCUT2D eigenvalue weighted by Crippen LogP contribution is -2.49. The maximum absolute atomic E-state index is 12.8. The fourth-order valence-corrected chi connectivity index (χ4v) is 2.98. The molecule has 0 saturated carbocycles. The molecule has 132 valence electrons. The van der Waals surface area contributed by atoms with E-state index >= 15 is 0 Å². The number of rotatable bonds is 3. The van der Waals surface area contributed by atoms with Crippen molar-refractivity contribution in [1.29, 1.82) is 0 Å². The van der Waals surface area contributed by atoms with Crippen molar-refractivity contribution in [2.75, 3.05) is 31.1 Å². The minimum atomic E-state index is -4.34. The maximum atomic E-state index is 12.8. The van der Waals surface area contributed by atoms with Gasteiger partial charge in [-0.1, -0.05) is 36.4 Å². The van der Waals surface area contributed by atoms with Gasteiger partial charge in [-0.05, 0) is 23.8 Å². The molecule has 1 fully saturated rings. The maximum Gasteiger partial charge on any atom is 0.416 e. The zero-order valence-electron chi connectivity index (χ0n) is 13.7. The summed E-state index contributed by atoms with van der Waals surface area (Å²) >= 11 is 0. The van der Waals surface area contributed by atoms with Crippen LogP contribution in [-0.2, 0) is 17.4 Å². The molecule has 1 heterocycles. The molecule has 0 bridgehead atoms. The van der Waals surface area contributed by atoms with E-state index in [4.69, 9.17) is 0 Å². The van der Waals surface area contributed by atoms with Crippen LogP contribution in [0, 0.1) is 0 Å². The Hall–Kier alpha value is -2.50. The van der Waals surface area contributed by atoms with Gasteiger partial charge in [0, 0.05) is 31.9 Å². The number of carbonyl (C=O) groups is 1. The van der Waals surface area contributed by atoms with Crippen molar-refractivity contribution in [3.8, 4) is 0 Å². The zero-order valence-corrected chi connectivity index (χ0v) is 13.7. The minimum Gasteiger partial charge on any atom is -0.368 e. The van der Waals surface area contributed by atoms with Crippen LogP contribution in [0.25, 0.3) is 0 Å². The Morgan fingerprint density at radius 3 is 2.24 bits per heavy atom. The number of alkyl halides is 3. The summed E-state index contributed by atoms with van der Waals surface area (Å²) in [6, 6.07) is 14.9. The van der Waals surface area contributed by atoms with Gasteiger partial charge < -0.3 is 9.80 Å². The molecular weight excluding hydrogens is 329 g/mol. The van der Waals surface area contributed by atoms with Gasteiger partial charge >= 0.3 is 6.18 Å². The van der Waals surface area contributed by atoms with E-state index in [1.807, 2.05) is 35.2 Å². The van der Waals surface area contributed by atoms with E-state index in [9.17, 15) is 18.0 Å². The highest BCUT2D eigenvalue weighted by molar-refractivity contribution is 5.79. The first-order chi connectivity index (χ1) is 11.9. The first kappa shape index (κ1) is 17.3. The number of hydrogen-bond acceptors (Lipinski definition) is 2. The van der Waals surface area contributed by atoms with Crippen LogP contribution in [0.1, 0.15) is 11.1 Å². The van der Waals surface area contributed by atoms with Crippen molar-refractivity contribution in [3.63, 3.8) is 0 Å². The molecule has 0 aromatic heterocycles. The van der Waals surface area contributed by atoms with Crippen molar-refractivity contribution < 1.29 is 18.0 Å². The SMILES string of the molecule is O=C(Cc1ccccc1)N1CCN(c2cccc(C(F)(F)F)c2)CC1. The molecule has 3 nitrogen and oxygen atoms in total. The Labute approximate surface area is 144 Å². The van der Waals surface area contributed by atoms with Crippen LogP contribution in [0.3, 0.4) is 0 Å². The summed E-state index contributed by atoms with van der Waals surface area (Å²) in [6.45, 7) is 2.09. The Kier molecular flexibility index (Phi) is 4.97. The number of amides is 1. The van der Waals surface area contributed by atoms with Crippen LogP contribution >= 0.6 is 0 Å². The Bertz CT molecular complexity index is 723. The van der Waals surface area contributed by atoms with Crippen LogP contribution in [0.15, 0.2) is 54.6 Å². The lowest BCUT2D eigenvalue weighted by Gasteiger charge is -2.36. The fraction of sp³-hybridized carbons (Fsp3) is 0.316. The van der Waals surface area contributed by atoms with E-state index < -0.39 is 11.7 Å². The van der Waals surface area contributed by atoms with Gasteiger partial charge in [0.15, 0.2) is 0 Å². The highest BCUT2D eigenvalue weighted by Crippen LogP contribution is 2.31. The predicted molar refractivity (Wildman–Crippen MR) is 90.4 cm³/mol. The quantitative estimate of drug-likeness (QED) is 0.846. The first-order valence-electron chi connectivity index (χ1n) is 8.17. The second kappa shape index (κ2) is 7.17. The van der Waals surface area contributed by atoms with Crippen molar-refractivity contribution in [2.24, 2.45) is 0 Å². The van der Waals surface area contributed by atoms with Gasteiger partial charge in [0.25, 0.3) is 0 Å². The average Bonchev–Trinajstić information content (AvgIpc) is 2.62. The third-order valence-corrected chi connectivity index (χ3v) is 4.37.